The van der Waals surface area contributed by atoms with Crippen molar-refractivity contribution in [3.8, 4) is 17.2 Å². The van der Waals surface area contributed by atoms with Crippen molar-refractivity contribution in [3.05, 3.63) is 65.0 Å². The number of hydrogen-bond donors (Lipinski definition) is 0. The smallest absolute Gasteiger partial charge is 0.435 e. The molecule has 0 N–H and O–H groups in total. The Morgan fingerprint density at radius 3 is 2.47 bits per heavy atom. The molecule has 1 aromatic heterocycles. The number of benzene rings is 2. The molecule has 5 rings (SSSR count). The van der Waals surface area contributed by atoms with E-state index in [-0.39, 0.29) is 49.2 Å². The summed E-state index contributed by atoms with van der Waals surface area (Å²) in [6, 6.07) is 11.5. The minimum absolute atomic E-state index is 0.0180. The van der Waals surface area contributed by atoms with Gasteiger partial charge in [-0.25, -0.2) is 4.68 Å². The van der Waals surface area contributed by atoms with Gasteiger partial charge in [0.2, 0.25) is 12.7 Å². The Bertz CT molecular complexity index is 1420. The van der Waals surface area contributed by atoms with Gasteiger partial charge in [0.15, 0.2) is 17.2 Å². The minimum Gasteiger partial charge on any atom is -0.454 e. The van der Waals surface area contributed by atoms with Crippen LogP contribution in [0.15, 0.2) is 42.5 Å². The van der Waals surface area contributed by atoms with Crippen LogP contribution in [0.4, 0.5) is 18.9 Å². The highest BCUT2D eigenvalue weighted by atomic mass is 19.4. The monoisotopic (exact) mass is 528 g/mol. The number of anilines is 1. The Hall–Kier alpha value is -4.02. The van der Waals surface area contributed by atoms with Gasteiger partial charge in [0.1, 0.15) is 0 Å². The molecule has 3 aromatic rings. The first-order valence-corrected chi connectivity index (χ1v) is 12.1. The third-order valence-corrected chi connectivity index (χ3v) is 6.64. The van der Waals surface area contributed by atoms with E-state index < -0.39 is 17.3 Å². The van der Waals surface area contributed by atoms with Gasteiger partial charge in [0.05, 0.1) is 11.4 Å². The molecule has 11 heteroatoms. The molecule has 3 heterocycles. The fourth-order valence-corrected chi connectivity index (χ4v) is 4.68. The maximum Gasteiger partial charge on any atom is 0.435 e. The van der Waals surface area contributed by atoms with Crippen LogP contribution < -0.4 is 14.4 Å². The third kappa shape index (κ3) is 4.57. The van der Waals surface area contributed by atoms with Crippen LogP contribution in [-0.2, 0) is 23.9 Å². The molecule has 38 heavy (non-hydrogen) atoms. The summed E-state index contributed by atoms with van der Waals surface area (Å²) in [6.07, 6.45) is -4.49. The van der Waals surface area contributed by atoms with Crippen LogP contribution in [0.1, 0.15) is 48.1 Å². The van der Waals surface area contributed by atoms with Crippen LogP contribution in [0.2, 0.25) is 0 Å². The summed E-state index contributed by atoms with van der Waals surface area (Å²) in [5, 5.41) is 3.93. The van der Waals surface area contributed by atoms with Gasteiger partial charge in [-0.05, 0) is 30.3 Å². The highest BCUT2D eigenvalue weighted by Gasteiger charge is 2.42. The second-order valence-electron chi connectivity index (χ2n) is 10.4. The van der Waals surface area contributed by atoms with Crippen molar-refractivity contribution in [3.63, 3.8) is 0 Å². The van der Waals surface area contributed by atoms with Crippen molar-refractivity contribution in [2.24, 2.45) is 5.41 Å². The number of amides is 2. The molecule has 8 nitrogen and oxygen atoms in total. The fraction of sp³-hybridized carbons (Fsp3) is 0.370. The topological polar surface area (TPSA) is 76.9 Å². The predicted octanol–water partition coefficient (Wildman–Crippen LogP) is 4.83. The average Bonchev–Trinajstić information content (AvgIpc) is 3.50. The summed E-state index contributed by atoms with van der Waals surface area (Å²) < 4.78 is 54.0. The number of rotatable bonds is 3. The summed E-state index contributed by atoms with van der Waals surface area (Å²) in [6.45, 7) is 5.42. The van der Waals surface area contributed by atoms with E-state index in [1.54, 1.807) is 64.2 Å². The van der Waals surface area contributed by atoms with E-state index in [1.165, 1.54) is 20.5 Å². The van der Waals surface area contributed by atoms with E-state index >= 15 is 0 Å². The largest absolute Gasteiger partial charge is 0.454 e. The first-order chi connectivity index (χ1) is 17.8. The van der Waals surface area contributed by atoms with Crippen LogP contribution in [-0.4, -0.2) is 46.9 Å². The lowest BCUT2D eigenvalue weighted by atomic mass is 9.93. The van der Waals surface area contributed by atoms with Gasteiger partial charge >= 0.3 is 6.18 Å². The van der Waals surface area contributed by atoms with Crippen LogP contribution in [0.3, 0.4) is 0 Å². The van der Waals surface area contributed by atoms with Crippen LogP contribution in [0.25, 0.3) is 5.69 Å². The summed E-state index contributed by atoms with van der Waals surface area (Å²) in [5.41, 5.74) is -0.195. The maximum atomic E-state index is 14.0. The second kappa shape index (κ2) is 9.07. The predicted molar refractivity (Wildman–Crippen MR) is 132 cm³/mol. The van der Waals surface area contributed by atoms with Gasteiger partial charge in [-0.2, -0.15) is 18.3 Å². The van der Waals surface area contributed by atoms with E-state index in [4.69, 9.17) is 9.47 Å². The molecule has 0 aliphatic carbocycles. The number of carbonyl (C=O) groups excluding carboxylic acids is 2. The lowest BCUT2D eigenvalue weighted by Gasteiger charge is -2.33. The number of halogens is 3. The molecule has 0 radical (unpaired) electrons. The molecule has 0 atom stereocenters. The van der Waals surface area contributed by atoms with E-state index in [1.807, 2.05) is 0 Å². The maximum absolute atomic E-state index is 14.0. The lowest BCUT2D eigenvalue weighted by molar-refractivity contribution is -0.145. The molecule has 0 fully saturated rings. The number of hydrogen-bond acceptors (Lipinski definition) is 5. The van der Waals surface area contributed by atoms with E-state index in [2.05, 4.69) is 5.10 Å². The normalized spacial score (nSPS) is 14.9. The standard InChI is InChI=1S/C27H27F3N4O4/c1-26(2,3)25(36)33-11-10-20-19(14-33)23(27(28,29)30)31-34(20)18-7-5-6-16(12-18)24(35)32(4)17-8-9-21-22(13-17)38-15-37-21/h5-9,12-13H,10-11,14-15H2,1-4H3. The van der Waals surface area contributed by atoms with Crippen LogP contribution in [0, 0.1) is 5.41 Å². The number of aromatic nitrogens is 2. The number of nitrogens with zero attached hydrogens (tertiary/aromatic N) is 4. The second-order valence-corrected chi connectivity index (χ2v) is 10.4. The molecule has 200 valence electrons. The van der Waals surface area contributed by atoms with Crippen LogP contribution in [0.5, 0.6) is 11.5 Å². The highest BCUT2D eigenvalue weighted by Crippen LogP contribution is 2.38. The highest BCUT2D eigenvalue weighted by molar-refractivity contribution is 6.06. The number of carbonyl (C=O) groups is 2. The molecule has 2 aliphatic heterocycles. The summed E-state index contributed by atoms with van der Waals surface area (Å²) in [5.74, 6) is 0.536. The minimum atomic E-state index is -4.70. The molecule has 2 aliphatic rings. The number of alkyl halides is 3. The van der Waals surface area contributed by atoms with Gasteiger partial charge in [-0.15, -0.1) is 0 Å². The van der Waals surface area contributed by atoms with E-state index in [9.17, 15) is 22.8 Å². The van der Waals surface area contributed by atoms with Crippen molar-refractivity contribution in [1.82, 2.24) is 14.7 Å². The molecule has 0 saturated carbocycles. The summed E-state index contributed by atoms with van der Waals surface area (Å²) in [4.78, 5) is 29.0. The molecule has 2 amide bonds. The molecule has 0 spiro atoms. The zero-order valence-electron chi connectivity index (χ0n) is 21.4. The van der Waals surface area contributed by atoms with Crippen molar-refractivity contribution < 1.29 is 32.2 Å². The van der Waals surface area contributed by atoms with Crippen molar-refractivity contribution in [1.29, 1.82) is 0 Å². The number of fused-ring (bicyclic) bond motifs is 2. The Labute approximate surface area is 217 Å². The fourth-order valence-electron chi connectivity index (χ4n) is 4.68. The zero-order valence-corrected chi connectivity index (χ0v) is 21.4. The number of ether oxygens (including phenoxy) is 2. The van der Waals surface area contributed by atoms with Crippen molar-refractivity contribution in [2.45, 2.75) is 39.9 Å². The van der Waals surface area contributed by atoms with Gasteiger partial charge in [-0.3, -0.25) is 9.59 Å². The quantitative estimate of drug-likeness (QED) is 0.487. The molecule has 0 saturated heterocycles. The van der Waals surface area contributed by atoms with Crippen LogP contribution >= 0.6 is 0 Å². The summed E-state index contributed by atoms with van der Waals surface area (Å²) >= 11 is 0. The molecule has 2 aromatic carbocycles. The molecular weight excluding hydrogens is 501 g/mol. The molecule has 0 bridgehead atoms. The Balaban J connectivity index is 1.48. The van der Waals surface area contributed by atoms with Gasteiger partial charge < -0.3 is 19.3 Å². The average molecular weight is 529 g/mol. The third-order valence-electron chi connectivity index (χ3n) is 6.64. The first-order valence-electron chi connectivity index (χ1n) is 12.1. The molecule has 0 unspecified atom stereocenters. The first kappa shape index (κ1) is 25.6. The Morgan fingerprint density at radius 2 is 1.76 bits per heavy atom. The lowest BCUT2D eigenvalue weighted by Crippen LogP contribution is -2.42. The SMILES string of the molecule is CN(C(=O)c1cccc(-n2nc(C(F)(F)F)c3c2CCN(C(=O)C(C)(C)C)C3)c1)c1ccc2c(c1)OCO2. The van der Waals surface area contributed by atoms with E-state index in [0.29, 0.717) is 28.6 Å². The van der Waals surface area contributed by atoms with Gasteiger partial charge in [0.25, 0.3) is 5.91 Å². The summed E-state index contributed by atoms with van der Waals surface area (Å²) in [7, 11) is 1.60. The Kier molecular flexibility index (Phi) is 6.12. The van der Waals surface area contributed by atoms with Gasteiger partial charge in [-0.1, -0.05) is 26.8 Å². The van der Waals surface area contributed by atoms with Crippen molar-refractivity contribution in [2.75, 3.05) is 25.3 Å². The van der Waals surface area contributed by atoms with Crippen molar-refractivity contribution >= 4 is 17.5 Å². The van der Waals surface area contributed by atoms with Gasteiger partial charge in [0, 0.05) is 54.9 Å². The Morgan fingerprint density at radius 1 is 1.03 bits per heavy atom. The van der Waals surface area contributed by atoms with E-state index in [0.717, 1.165) is 0 Å². The zero-order chi connectivity index (χ0) is 27.4. The molecular formula is C27H27F3N4O4.